The molecule has 1 spiro atoms. The van der Waals surface area contributed by atoms with Gasteiger partial charge in [0.2, 0.25) is 0 Å². The van der Waals surface area contributed by atoms with Crippen LogP contribution in [0.1, 0.15) is 13.3 Å². The number of halogens is 2. The molecule has 2 aliphatic rings. The van der Waals surface area contributed by atoms with E-state index >= 15 is 0 Å². The molecular formula is C16H20F2N2O4. The fraction of sp³-hybridized carbons (Fsp3) is 0.562. The minimum absolute atomic E-state index is 0.0685. The van der Waals surface area contributed by atoms with Crippen molar-refractivity contribution >= 4 is 11.7 Å². The standard InChI is InChI=1S/C16H20F2N2O4/c1-11-8-20(9-16(24-11)6-7-22-10-16)15(21)19-12-4-2-3-5-13(12)23-14(17)18/h2-5,11,14H,6-10H2,1H3,(H,19,21)/t11-,16+/m0/s1. The summed E-state index contributed by atoms with van der Waals surface area (Å²) in [5.41, 5.74) is -0.271. The van der Waals surface area contributed by atoms with Crippen molar-refractivity contribution < 1.29 is 27.8 Å². The average molecular weight is 342 g/mol. The van der Waals surface area contributed by atoms with Gasteiger partial charge < -0.3 is 24.4 Å². The number of nitrogens with zero attached hydrogens (tertiary/aromatic N) is 1. The number of morpholine rings is 1. The van der Waals surface area contributed by atoms with E-state index in [4.69, 9.17) is 9.47 Å². The Kier molecular flexibility index (Phi) is 4.86. The number of rotatable bonds is 3. The number of carbonyl (C=O) groups is 1. The number of para-hydroxylation sites is 2. The van der Waals surface area contributed by atoms with Crippen LogP contribution in [0, 0.1) is 0 Å². The van der Waals surface area contributed by atoms with E-state index in [1.807, 2.05) is 6.92 Å². The largest absolute Gasteiger partial charge is 0.433 e. The zero-order chi connectivity index (χ0) is 17.2. The first-order chi connectivity index (χ1) is 11.5. The van der Waals surface area contributed by atoms with Crippen LogP contribution in [-0.2, 0) is 9.47 Å². The average Bonchev–Trinajstić information content (AvgIpc) is 2.95. The van der Waals surface area contributed by atoms with E-state index in [0.29, 0.717) is 26.3 Å². The van der Waals surface area contributed by atoms with Gasteiger partial charge in [-0.1, -0.05) is 12.1 Å². The molecule has 0 unspecified atom stereocenters. The first kappa shape index (κ1) is 16.9. The van der Waals surface area contributed by atoms with Crippen LogP contribution < -0.4 is 10.1 Å². The molecule has 0 saturated carbocycles. The molecule has 2 atom stereocenters. The van der Waals surface area contributed by atoms with E-state index in [9.17, 15) is 13.6 Å². The maximum Gasteiger partial charge on any atom is 0.387 e. The molecule has 1 aromatic rings. The molecule has 1 N–H and O–H groups in total. The second kappa shape index (κ2) is 6.90. The van der Waals surface area contributed by atoms with Crippen LogP contribution in [-0.4, -0.2) is 55.6 Å². The van der Waals surface area contributed by atoms with Crippen LogP contribution in [0.25, 0.3) is 0 Å². The minimum Gasteiger partial charge on any atom is -0.433 e. The van der Waals surface area contributed by atoms with Crippen molar-refractivity contribution in [2.75, 3.05) is 31.6 Å². The van der Waals surface area contributed by atoms with Crippen LogP contribution >= 0.6 is 0 Å². The molecule has 0 aliphatic carbocycles. The molecule has 2 aliphatic heterocycles. The van der Waals surface area contributed by atoms with Crippen LogP contribution in [0.2, 0.25) is 0 Å². The summed E-state index contributed by atoms with van der Waals surface area (Å²) in [6, 6.07) is 5.74. The highest BCUT2D eigenvalue weighted by atomic mass is 19.3. The van der Waals surface area contributed by atoms with Gasteiger partial charge in [-0.25, -0.2) is 4.79 Å². The number of ether oxygens (including phenoxy) is 3. The summed E-state index contributed by atoms with van der Waals surface area (Å²) >= 11 is 0. The number of hydrogen-bond acceptors (Lipinski definition) is 4. The fourth-order valence-corrected chi connectivity index (χ4v) is 3.15. The quantitative estimate of drug-likeness (QED) is 0.918. The maximum atomic E-state index is 12.6. The Labute approximate surface area is 138 Å². The van der Waals surface area contributed by atoms with Crippen molar-refractivity contribution in [2.24, 2.45) is 0 Å². The Morgan fingerprint density at radius 1 is 1.46 bits per heavy atom. The summed E-state index contributed by atoms with van der Waals surface area (Å²) in [7, 11) is 0. The van der Waals surface area contributed by atoms with E-state index in [-0.39, 0.29) is 23.6 Å². The number of urea groups is 1. The first-order valence-corrected chi connectivity index (χ1v) is 7.83. The van der Waals surface area contributed by atoms with E-state index in [0.717, 1.165) is 6.42 Å². The number of anilines is 1. The van der Waals surface area contributed by atoms with Crippen molar-refractivity contribution in [3.8, 4) is 5.75 Å². The highest BCUT2D eigenvalue weighted by Gasteiger charge is 2.44. The third-order valence-corrected chi connectivity index (χ3v) is 4.11. The van der Waals surface area contributed by atoms with E-state index in [1.165, 1.54) is 12.1 Å². The summed E-state index contributed by atoms with van der Waals surface area (Å²) in [5, 5.41) is 2.64. The van der Waals surface area contributed by atoms with Gasteiger partial charge >= 0.3 is 12.6 Å². The number of alkyl halides is 2. The monoisotopic (exact) mass is 342 g/mol. The van der Waals surface area contributed by atoms with Crippen molar-refractivity contribution in [2.45, 2.75) is 31.7 Å². The lowest BCUT2D eigenvalue weighted by Crippen LogP contribution is -2.57. The Morgan fingerprint density at radius 2 is 2.25 bits per heavy atom. The Hall–Kier alpha value is -1.93. The van der Waals surface area contributed by atoms with Crippen molar-refractivity contribution in [1.29, 1.82) is 0 Å². The lowest BCUT2D eigenvalue weighted by atomic mass is 9.99. The lowest BCUT2D eigenvalue weighted by molar-refractivity contribution is -0.136. The van der Waals surface area contributed by atoms with Crippen LogP contribution in [0.3, 0.4) is 0 Å². The lowest BCUT2D eigenvalue weighted by Gasteiger charge is -2.42. The summed E-state index contributed by atoms with van der Waals surface area (Å²) in [6.07, 6.45) is 0.602. The summed E-state index contributed by atoms with van der Waals surface area (Å²) in [6.45, 7) is 0.824. The second-order valence-electron chi connectivity index (χ2n) is 6.10. The van der Waals surface area contributed by atoms with E-state index < -0.39 is 12.2 Å². The first-order valence-electron chi connectivity index (χ1n) is 7.83. The van der Waals surface area contributed by atoms with Gasteiger partial charge in [0.1, 0.15) is 11.4 Å². The highest BCUT2D eigenvalue weighted by molar-refractivity contribution is 5.91. The summed E-state index contributed by atoms with van der Waals surface area (Å²) in [4.78, 5) is 14.2. The molecule has 2 fully saturated rings. The van der Waals surface area contributed by atoms with Crippen LogP contribution in [0.5, 0.6) is 5.75 Å². The second-order valence-corrected chi connectivity index (χ2v) is 6.10. The Balaban J connectivity index is 1.70. The van der Waals surface area contributed by atoms with Gasteiger partial charge in [0.15, 0.2) is 0 Å². The molecule has 0 aromatic heterocycles. The van der Waals surface area contributed by atoms with Crippen molar-refractivity contribution in [3.05, 3.63) is 24.3 Å². The van der Waals surface area contributed by atoms with Gasteiger partial charge in [-0.3, -0.25) is 0 Å². The van der Waals surface area contributed by atoms with Gasteiger partial charge in [0.05, 0.1) is 24.9 Å². The van der Waals surface area contributed by atoms with Gasteiger partial charge in [-0.05, 0) is 19.1 Å². The van der Waals surface area contributed by atoms with Gasteiger partial charge in [0, 0.05) is 19.6 Å². The topological polar surface area (TPSA) is 60.0 Å². The number of carbonyl (C=O) groups excluding carboxylic acids is 1. The number of hydrogen-bond donors (Lipinski definition) is 1. The molecule has 0 radical (unpaired) electrons. The Bertz CT molecular complexity index is 593. The fourth-order valence-electron chi connectivity index (χ4n) is 3.15. The number of nitrogens with one attached hydrogen (secondary N) is 1. The van der Waals surface area contributed by atoms with Gasteiger partial charge in [-0.2, -0.15) is 8.78 Å². The van der Waals surface area contributed by atoms with E-state index in [2.05, 4.69) is 10.1 Å². The normalized spacial score (nSPS) is 26.8. The molecule has 8 heteroatoms. The molecule has 2 heterocycles. The van der Waals surface area contributed by atoms with Gasteiger partial charge in [0.25, 0.3) is 0 Å². The molecule has 6 nitrogen and oxygen atoms in total. The SMILES string of the molecule is C[C@H]1CN(C(=O)Nc2ccccc2OC(F)F)C[C@@]2(CCOC2)O1. The number of amides is 2. The predicted octanol–water partition coefficient (Wildman–Crippen LogP) is 2.70. The van der Waals surface area contributed by atoms with Crippen molar-refractivity contribution in [3.63, 3.8) is 0 Å². The zero-order valence-electron chi connectivity index (χ0n) is 13.3. The molecule has 24 heavy (non-hydrogen) atoms. The van der Waals surface area contributed by atoms with E-state index in [1.54, 1.807) is 17.0 Å². The summed E-state index contributed by atoms with van der Waals surface area (Å²) < 4.78 is 40.8. The maximum absolute atomic E-state index is 12.6. The highest BCUT2D eigenvalue weighted by Crippen LogP contribution is 2.31. The molecule has 0 bridgehead atoms. The Morgan fingerprint density at radius 3 is 2.96 bits per heavy atom. The van der Waals surface area contributed by atoms with Crippen LogP contribution in [0.4, 0.5) is 19.3 Å². The molecule has 3 rings (SSSR count). The smallest absolute Gasteiger partial charge is 0.387 e. The van der Waals surface area contributed by atoms with Crippen LogP contribution in [0.15, 0.2) is 24.3 Å². The summed E-state index contributed by atoms with van der Waals surface area (Å²) in [5.74, 6) is -0.0685. The molecule has 132 valence electrons. The molecule has 2 saturated heterocycles. The molecule has 2 amide bonds. The predicted molar refractivity (Wildman–Crippen MR) is 82.4 cm³/mol. The van der Waals surface area contributed by atoms with Gasteiger partial charge in [-0.15, -0.1) is 0 Å². The van der Waals surface area contributed by atoms with Crippen molar-refractivity contribution in [1.82, 2.24) is 4.90 Å². The molecular weight excluding hydrogens is 322 g/mol. The third-order valence-electron chi connectivity index (χ3n) is 4.11. The number of benzene rings is 1. The minimum atomic E-state index is -2.95. The zero-order valence-corrected chi connectivity index (χ0v) is 13.3. The molecule has 1 aromatic carbocycles. The third kappa shape index (κ3) is 3.76.